The van der Waals surface area contributed by atoms with Crippen LogP contribution in [0.25, 0.3) is 0 Å². The highest BCUT2D eigenvalue weighted by Gasteiger charge is 2.17. The third kappa shape index (κ3) is 6.35. The number of piperidine rings is 1. The molecule has 0 aromatic rings. The van der Waals surface area contributed by atoms with Gasteiger partial charge in [0.1, 0.15) is 9.84 Å². The maximum Gasteiger partial charge on any atom is 0.305 e. The van der Waals surface area contributed by atoms with E-state index in [4.69, 9.17) is 0 Å². The molecular weight excluding hydrogens is 254 g/mol. The fourth-order valence-corrected chi connectivity index (χ4v) is 3.56. The monoisotopic (exact) mass is 277 g/mol. The summed E-state index contributed by atoms with van der Waals surface area (Å²) in [4.78, 5) is 10.9. The van der Waals surface area contributed by atoms with Crippen molar-refractivity contribution < 1.29 is 17.9 Å². The Bertz CT molecular complexity index is 347. The van der Waals surface area contributed by atoms with Crippen LogP contribution in [0.15, 0.2) is 0 Å². The van der Waals surface area contributed by atoms with E-state index in [1.54, 1.807) is 0 Å². The van der Waals surface area contributed by atoms with E-state index >= 15 is 0 Å². The topological polar surface area (TPSA) is 72.5 Å². The smallest absolute Gasteiger partial charge is 0.305 e. The molecule has 0 aliphatic carbocycles. The van der Waals surface area contributed by atoms with Crippen molar-refractivity contribution in [3.63, 3.8) is 0 Å². The van der Waals surface area contributed by atoms with Gasteiger partial charge in [-0.15, -0.1) is 0 Å². The van der Waals surface area contributed by atoms with Crippen LogP contribution >= 0.6 is 0 Å². The number of hydrogen-bond donors (Lipinski definition) is 1. The fraction of sp³-hybridized carbons (Fsp3) is 0.917. The molecule has 1 aliphatic rings. The summed E-state index contributed by atoms with van der Waals surface area (Å²) in [6.45, 7) is 0.993. The lowest BCUT2D eigenvalue weighted by Crippen LogP contribution is -2.35. The predicted octanol–water partition coefficient (Wildman–Crippen LogP) is 0.887. The molecule has 0 amide bonds. The second-order valence-electron chi connectivity index (χ2n) is 4.77. The molecule has 18 heavy (non-hydrogen) atoms. The molecule has 1 N–H and O–H groups in total. The number of carbonyl (C=O) groups excluding carboxylic acids is 1. The van der Waals surface area contributed by atoms with E-state index in [-0.39, 0.29) is 23.9 Å². The minimum absolute atomic E-state index is 0.0782. The van der Waals surface area contributed by atoms with Gasteiger partial charge in [-0.1, -0.05) is 6.42 Å². The largest absolute Gasteiger partial charge is 0.469 e. The average Bonchev–Trinajstić information content (AvgIpc) is 2.37. The minimum atomic E-state index is -3.03. The van der Waals surface area contributed by atoms with Crippen LogP contribution in [0.4, 0.5) is 0 Å². The first-order valence-electron chi connectivity index (χ1n) is 6.54. The Morgan fingerprint density at radius 1 is 1.33 bits per heavy atom. The van der Waals surface area contributed by atoms with E-state index in [2.05, 4.69) is 10.1 Å². The van der Waals surface area contributed by atoms with Gasteiger partial charge in [-0.05, 0) is 32.2 Å². The van der Waals surface area contributed by atoms with Crippen LogP contribution in [-0.4, -0.2) is 45.6 Å². The van der Waals surface area contributed by atoms with Crippen molar-refractivity contribution in [2.75, 3.05) is 25.2 Å². The third-order valence-electron chi connectivity index (χ3n) is 3.25. The Kier molecular flexibility index (Phi) is 6.63. The lowest BCUT2D eigenvalue weighted by atomic mass is 10.0. The van der Waals surface area contributed by atoms with E-state index in [0.29, 0.717) is 18.9 Å². The second-order valence-corrected chi connectivity index (χ2v) is 7.07. The van der Waals surface area contributed by atoms with Gasteiger partial charge in [-0.2, -0.15) is 0 Å². The Morgan fingerprint density at radius 2 is 2.11 bits per heavy atom. The van der Waals surface area contributed by atoms with Crippen molar-refractivity contribution in [1.29, 1.82) is 0 Å². The summed E-state index contributed by atoms with van der Waals surface area (Å²) in [5.74, 6) is -0.0557. The highest BCUT2D eigenvalue weighted by atomic mass is 32.2. The van der Waals surface area contributed by atoms with Crippen molar-refractivity contribution in [2.45, 2.75) is 44.6 Å². The zero-order valence-corrected chi connectivity index (χ0v) is 11.8. The Labute approximate surface area is 109 Å². The molecule has 1 rings (SSSR count). The maximum absolute atomic E-state index is 11.8. The number of nitrogens with one attached hydrogen (secondary N) is 1. The van der Waals surface area contributed by atoms with Crippen LogP contribution in [0, 0.1) is 0 Å². The first-order valence-corrected chi connectivity index (χ1v) is 8.36. The minimum Gasteiger partial charge on any atom is -0.469 e. The van der Waals surface area contributed by atoms with Crippen molar-refractivity contribution >= 4 is 15.8 Å². The lowest BCUT2D eigenvalue weighted by Gasteiger charge is -2.23. The summed E-state index contributed by atoms with van der Waals surface area (Å²) < 4.78 is 28.0. The van der Waals surface area contributed by atoms with Gasteiger partial charge in [0, 0.05) is 12.5 Å². The van der Waals surface area contributed by atoms with E-state index in [0.717, 1.165) is 13.0 Å². The van der Waals surface area contributed by atoms with Crippen molar-refractivity contribution in [1.82, 2.24) is 5.32 Å². The number of ether oxygens (including phenoxy) is 1. The lowest BCUT2D eigenvalue weighted by molar-refractivity contribution is -0.140. The number of methoxy groups -OCH3 is 1. The van der Waals surface area contributed by atoms with Gasteiger partial charge >= 0.3 is 5.97 Å². The van der Waals surface area contributed by atoms with Crippen molar-refractivity contribution in [2.24, 2.45) is 0 Å². The fourth-order valence-electron chi connectivity index (χ4n) is 2.13. The molecule has 1 heterocycles. The zero-order valence-electron chi connectivity index (χ0n) is 11.0. The molecule has 1 atom stereocenters. The van der Waals surface area contributed by atoms with Gasteiger partial charge in [0.05, 0.1) is 18.6 Å². The second kappa shape index (κ2) is 7.74. The highest BCUT2D eigenvalue weighted by molar-refractivity contribution is 7.91. The molecule has 0 aromatic heterocycles. The number of hydrogen-bond acceptors (Lipinski definition) is 5. The highest BCUT2D eigenvalue weighted by Crippen LogP contribution is 2.11. The third-order valence-corrected chi connectivity index (χ3v) is 5.02. The van der Waals surface area contributed by atoms with Gasteiger partial charge in [0.25, 0.3) is 0 Å². The molecule has 1 aliphatic heterocycles. The van der Waals surface area contributed by atoms with E-state index < -0.39 is 9.84 Å². The van der Waals surface area contributed by atoms with Crippen LogP contribution in [0.2, 0.25) is 0 Å². The Hall–Kier alpha value is -0.620. The molecule has 0 radical (unpaired) electrons. The Balaban J connectivity index is 2.20. The SMILES string of the molecule is COC(=O)CCCS(=O)(=O)CCC1CCCCN1. The molecule has 0 bridgehead atoms. The summed E-state index contributed by atoms with van der Waals surface area (Å²) in [5, 5.41) is 3.34. The number of rotatable bonds is 7. The molecular formula is C12H23NO4S. The van der Waals surface area contributed by atoms with Crippen molar-refractivity contribution in [3.8, 4) is 0 Å². The summed E-state index contributed by atoms with van der Waals surface area (Å²) in [6, 6.07) is 0.342. The van der Waals surface area contributed by atoms with Crippen LogP contribution in [-0.2, 0) is 19.4 Å². The summed E-state index contributed by atoms with van der Waals surface area (Å²) >= 11 is 0. The van der Waals surface area contributed by atoms with Gasteiger partial charge < -0.3 is 10.1 Å². The molecule has 1 unspecified atom stereocenters. The number of carbonyl (C=O) groups is 1. The van der Waals surface area contributed by atoms with Gasteiger partial charge in [-0.3, -0.25) is 4.79 Å². The van der Waals surface area contributed by atoms with Crippen LogP contribution in [0.1, 0.15) is 38.5 Å². The van der Waals surface area contributed by atoms with Crippen molar-refractivity contribution in [3.05, 3.63) is 0 Å². The Morgan fingerprint density at radius 3 is 2.72 bits per heavy atom. The molecule has 0 spiro atoms. The predicted molar refractivity (Wildman–Crippen MR) is 70.2 cm³/mol. The summed E-state index contributed by atoms with van der Waals surface area (Å²) in [5.41, 5.74) is 0. The van der Waals surface area contributed by atoms with Gasteiger partial charge in [-0.25, -0.2) is 8.42 Å². The molecule has 5 nitrogen and oxygen atoms in total. The number of sulfone groups is 1. The number of esters is 1. The summed E-state index contributed by atoms with van der Waals surface area (Å²) in [6.07, 6.45) is 4.64. The summed E-state index contributed by atoms with van der Waals surface area (Å²) in [7, 11) is -1.72. The average molecular weight is 277 g/mol. The van der Waals surface area contributed by atoms with Gasteiger partial charge in [0.15, 0.2) is 0 Å². The molecule has 1 saturated heterocycles. The van der Waals surface area contributed by atoms with Crippen LogP contribution in [0.5, 0.6) is 0 Å². The van der Waals surface area contributed by atoms with Crippen LogP contribution < -0.4 is 5.32 Å². The zero-order chi connectivity index (χ0) is 13.4. The molecule has 0 aromatic carbocycles. The standard InChI is InChI=1S/C12H23NO4S/c1-17-12(14)6-4-9-18(15,16)10-7-11-5-2-3-8-13-11/h11,13H,2-10H2,1H3. The molecule has 0 saturated carbocycles. The quantitative estimate of drug-likeness (QED) is 0.700. The maximum atomic E-state index is 11.8. The van der Waals surface area contributed by atoms with Crippen LogP contribution in [0.3, 0.4) is 0 Å². The van der Waals surface area contributed by atoms with E-state index in [1.807, 2.05) is 0 Å². The molecule has 1 fully saturated rings. The van der Waals surface area contributed by atoms with Gasteiger partial charge in [0.2, 0.25) is 0 Å². The molecule has 6 heteroatoms. The van der Waals surface area contributed by atoms with E-state index in [9.17, 15) is 13.2 Å². The first-order chi connectivity index (χ1) is 8.53. The van der Waals surface area contributed by atoms with E-state index in [1.165, 1.54) is 20.0 Å². The normalized spacial score (nSPS) is 20.6. The first kappa shape index (κ1) is 15.4. The molecule has 106 valence electrons.